The molecule has 13 heteroatoms. The Hall–Kier alpha value is -5.14. The number of aromatic nitrogens is 2. The zero-order chi connectivity index (χ0) is 40.3. The minimum Gasteiger partial charge on any atom is -0.461 e. The van der Waals surface area contributed by atoms with Crippen LogP contribution in [-0.2, 0) is 40.4 Å². The van der Waals surface area contributed by atoms with Gasteiger partial charge in [0.25, 0.3) is 5.91 Å². The predicted molar refractivity (Wildman–Crippen MR) is 224 cm³/mol. The number of amides is 2. The highest BCUT2D eigenvalue weighted by molar-refractivity contribution is 7.17. The van der Waals surface area contributed by atoms with Crippen LogP contribution in [0.5, 0.6) is 0 Å². The van der Waals surface area contributed by atoms with Gasteiger partial charge < -0.3 is 20.3 Å². The van der Waals surface area contributed by atoms with Crippen LogP contribution in [0.4, 0.5) is 5.00 Å². The van der Waals surface area contributed by atoms with Crippen LogP contribution in [-0.4, -0.2) is 75.9 Å². The van der Waals surface area contributed by atoms with Crippen LogP contribution in [0.3, 0.4) is 0 Å². The van der Waals surface area contributed by atoms with Crippen LogP contribution in [0.15, 0.2) is 91.3 Å². The Bertz CT molecular complexity index is 2160. The molecule has 6 rings (SSSR count). The van der Waals surface area contributed by atoms with Crippen LogP contribution in [0.1, 0.15) is 87.4 Å². The first kappa shape index (κ1) is 41.5. The first-order valence-electron chi connectivity index (χ1n) is 19.4. The molecule has 3 aromatic carbocycles. The summed E-state index contributed by atoms with van der Waals surface area (Å²) in [5.74, 6) is -1.00. The average molecular weight is 809 g/mol. The highest BCUT2D eigenvalue weighted by Gasteiger charge is 2.28. The van der Waals surface area contributed by atoms with Crippen LogP contribution < -0.4 is 10.6 Å². The molecule has 298 valence electrons. The summed E-state index contributed by atoms with van der Waals surface area (Å²) < 4.78 is 6.98. The van der Waals surface area contributed by atoms with Crippen molar-refractivity contribution in [1.29, 1.82) is 0 Å². The normalized spacial score (nSPS) is 12.4. The maximum atomic E-state index is 14.1. The van der Waals surface area contributed by atoms with E-state index in [0.717, 1.165) is 46.6 Å². The molecule has 0 fully saturated rings. The number of rotatable bonds is 18. The van der Waals surface area contributed by atoms with Gasteiger partial charge in [-0.25, -0.2) is 4.68 Å². The third-order valence-corrected chi connectivity index (χ3v) is 11.7. The van der Waals surface area contributed by atoms with E-state index in [-0.39, 0.29) is 43.1 Å². The Morgan fingerprint density at radius 3 is 2.46 bits per heavy atom. The Kier molecular flexibility index (Phi) is 14.4. The molecule has 0 saturated heterocycles. The van der Waals surface area contributed by atoms with Crippen molar-refractivity contribution >= 4 is 51.5 Å². The lowest BCUT2D eigenvalue weighted by Crippen LogP contribution is -2.41. The summed E-state index contributed by atoms with van der Waals surface area (Å²) in [7, 11) is 1.76. The zero-order valence-electron chi connectivity index (χ0n) is 32.6. The highest BCUT2D eigenvalue weighted by Crippen LogP contribution is 2.37. The van der Waals surface area contributed by atoms with Gasteiger partial charge in [0.2, 0.25) is 5.91 Å². The van der Waals surface area contributed by atoms with Gasteiger partial charge in [-0.05, 0) is 78.9 Å². The van der Waals surface area contributed by atoms with Gasteiger partial charge in [0.15, 0.2) is 5.78 Å². The van der Waals surface area contributed by atoms with Crippen molar-refractivity contribution in [3.05, 3.63) is 135 Å². The van der Waals surface area contributed by atoms with E-state index < -0.39 is 5.97 Å². The monoisotopic (exact) mass is 808 g/mol. The number of nitrogens with zero attached hydrogens (tertiary/aromatic N) is 4. The molecule has 0 unspecified atom stereocenters. The second kappa shape index (κ2) is 19.8. The molecule has 0 radical (unpaired) electrons. The van der Waals surface area contributed by atoms with E-state index in [2.05, 4.69) is 34.5 Å². The molecule has 1 aliphatic heterocycles. The lowest BCUT2D eigenvalue weighted by molar-refractivity contribution is -0.147. The minimum atomic E-state index is -0.399. The number of benzene rings is 3. The number of hydrogen-bond acceptors (Lipinski definition) is 9. The standard InChI is InChI=1S/C44H49ClN6O5S/c1-4-35(5-2)50(23-22-49(3)39(52)18-19-40(53)56-29-30-10-7-6-8-11-30)27-31-12-9-13-32(24-31)43(55)48-44-41(37-20-21-46-26-38(37)57-44)42(54)33-25-47-51(28-33)36-16-14-34(45)15-17-36/h6-17,24-25,28,35,46H,4-5,18-23,26-27,29H2,1-3H3,(H,48,55). The maximum absolute atomic E-state index is 14.1. The Balaban J connectivity index is 1.10. The molecule has 57 heavy (non-hydrogen) atoms. The van der Waals surface area contributed by atoms with Gasteiger partial charge in [0.1, 0.15) is 11.6 Å². The van der Waals surface area contributed by atoms with Gasteiger partial charge in [0, 0.05) is 67.3 Å². The second-order valence-corrected chi connectivity index (χ2v) is 15.7. The molecule has 2 N–H and O–H groups in total. The van der Waals surface area contributed by atoms with E-state index in [1.165, 1.54) is 11.3 Å². The minimum absolute atomic E-state index is 0.0246. The maximum Gasteiger partial charge on any atom is 0.306 e. The number of hydrogen-bond donors (Lipinski definition) is 2. The molecule has 1 aliphatic rings. The molecule has 0 atom stereocenters. The van der Waals surface area contributed by atoms with Crippen LogP contribution in [0.25, 0.3) is 5.69 Å². The van der Waals surface area contributed by atoms with Crippen molar-refractivity contribution in [2.24, 2.45) is 0 Å². The van der Waals surface area contributed by atoms with E-state index in [9.17, 15) is 19.2 Å². The number of halogens is 1. The molecule has 0 saturated carbocycles. The topological polar surface area (TPSA) is 126 Å². The number of thiophene rings is 1. The number of nitrogens with one attached hydrogen (secondary N) is 2. The SMILES string of the molecule is CCC(CC)N(CCN(C)C(=O)CCC(=O)OCc1ccccc1)Cc1cccc(C(=O)Nc2sc3c(c2C(=O)c2cnn(-c4ccc(Cl)cc4)c2)CCNC3)c1. The second-order valence-electron chi connectivity index (χ2n) is 14.2. The van der Waals surface area contributed by atoms with Gasteiger partial charge in [0.05, 0.1) is 29.4 Å². The first-order chi connectivity index (χ1) is 27.6. The smallest absolute Gasteiger partial charge is 0.306 e. The molecule has 3 heterocycles. The molecule has 11 nitrogen and oxygen atoms in total. The van der Waals surface area contributed by atoms with Crippen LogP contribution in [0.2, 0.25) is 5.02 Å². The number of anilines is 1. The summed E-state index contributed by atoms with van der Waals surface area (Å²) in [5, 5.41) is 12.0. The summed E-state index contributed by atoms with van der Waals surface area (Å²) in [6.45, 7) is 7.55. The summed E-state index contributed by atoms with van der Waals surface area (Å²) in [4.78, 5) is 58.3. The van der Waals surface area contributed by atoms with Crippen LogP contribution in [0, 0.1) is 0 Å². The van der Waals surface area contributed by atoms with Gasteiger partial charge in [-0.15, -0.1) is 11.3 Å². The Morgan fingerprint density at radius 1 is 0.947 bits per heavy atom. The largest absolute Gasteiger partial charge is 0.461 e. The summed E-state index contributed by atoms with van der Waals surface area (Å²) in [6, 6.07) is 24.5. The van der Waals surface area contributed by atoms with E-state index in [1.54, 1.807) is 47.2 Å². The van der Waals surface area contributed by atoms with Gasteiger partial charge in [-0.1, -0.05) is 67.9 Å². The lowest BCUT2D eigenvalue weighted by Gasteiger charge is -2.32. The van der Waals surface area contributed by atoms with Crippen molar-refractivity contribution in [2.75, 3.05) is 32.0 Å². The number of carbonyl (C=O) groups is 4. The number of fused-ring (bicyclic) bond motifs is 1. The lowest BCUT2D eigenvalue weighted by atomic mass is 9.98. The molecular weight excluding hydrogens is 760 g/mol. The van der Waals surface area contributed by atoms with Gasteiger partial charge in [-0.2, -0.15) is 5.10 Å². The predicted octanol–water partition coefficient (Wildman–Crippen LogP) is 7.69. The molecule has 2 aromatic heterocycles. The zero-order valence-corrected chi connectivity index (χ0v) is 34.2. The fourth-order valence-corrected chi connectivity index (χ4v) is 8.35. The van der Waals surface area contributed by atoms with Crippen molar-refractivity contribution in [1.82, 2.24) is 24.9 Å². The number of ketones is 1. The fraction of sp³-hybridized carbons (Fsp3) is 0.341. The third-order valence-electron chi connectivity index (χ3n) is 10.3. The molecule has 0 aliphatic carbocycles. The summed E-state index contributed by atoms with van der Waals surface area (Å²) in [6.07, 6.45) is 5.89. The van der Waals surface area contributed by atoms with Crippen molar-refractivity contribution in [3.8, 4) is 5.69 Å². The van der Waals surface area contributed by atoms with E-state index >= 15 is 0 Å². The quantitative estimate of drug-likeness (QED) is 0.0682. The van der Waals surface area contributed by atoms with E-state index in [4.69, 9.17) is 16.3 Å². The number of carbonyl (C=O) groups excluding carboxylic acids is 4. The van der Waals surface area contributed by atoms with Crippen molar-refractivity contribution in [2.45, 2.75) is 71.7 Å². The third kappa shape index (κ3) is 10.8. The molecule has 2 amide bonds. The number of ether oxygens (including phenoxy) is 1. The number of esters is 1. The van der Waals surface area contributed by atoms with E-state index in [1.807, 2.05) is 60.7 Å². The first-order valence-corrected chi connectivity index (χ1v) is 20.6. The summed E-state index contributed by atoms with van der Waals surface area (Å²) in [5.41, 5.74) is 5.03. The summed E-state index contributed by atoms with van der Waals surface area (Å²) >= 11 is 7.50. The van der Waals surface area contributed by atoms with Crippen LogP contribution >= 0.6 is 22.9 Å². The molecule has 0 bridgehead atoms. The van der Waals surface area contributed by atoms with Crippen molar-refractivity contribution in [3.63, 3.8) is 0 Å². The van der Waals surface area contributed by atoms with Gasteiger partial charge in [-0.3, -0.25) is 24.1 Å². The molecular formula is C44H49ClN6O5S. The highest BCUT2D eigenvalue weighted by atomic mass is 35.5. The Labute approximate surface area is 343 Å². The van der Waals surface area contributed by atoms with Crippen molar-refractivity contribution < 1.29 is 23.9 Å². The van der Waals surface area contributed by atoms with E-state index in [0.29, 0.717) is 59.3 Å². The Morgan fingerprint density at radius 2 is 1.70 bits per heavy atom. The molecule has 0 spiro atoms. The number of likely N-dealkylation sites (N-methyl/N-ethyl adjacent to an activating group) is 1. The average Bonchev–Trinajstić information content (AvgIpc) is 3.87. The van der Waals surface area contributed by atoms with Gasteiger partial charge >= 0.3 is 5.97 Å². The molecule has 5 aromatic rings. The fourth-order valence-electron chi connectivity index (χ4n) is 7.01.